The van der Waals surface area contributed by atoms with Crippen molar-refractivity contribution in [2.24, 2.45) is 0 Å². The fourth-order valence-corrected chi connectivity index (χ4v) is 3.75. The van der Waals surface area contributed by atoms with Gasteiger partial charge in [0.15, 0.2) is 0 Å². The summed E-state index contributed by atoms with van der Waals surface area (Å²) < 4.78 is 0. The van der Waals surface area contributed by atoms with E-state index in [0.717, 1.165) is 19.4 Å². The van der Waals surface area contributed by atoms with Crippen LogP contribution in [0.2, 0.25) is 0 Å². The van der Waals surface area contributed by atoms with Gasteiger partial charge in [-0.1, -0.05) is 6.92 Å². The van der Waals surface area contributed by atoms with Crippen molar-refractivity contribution in [1.29, 1.82) is 0 Å². The lowest BCUT2D eigenvalue weighted by Gasteiger charge is -2.30. The molecule has 1 aliphatic heterocycles. The Hall–Kier alpha value is -0.910. The maximum Gasteiger partial charge on any atom is 0.241 e. The van der Waals surface area contributed by atoms with Crippen LogP contribution in [0, 0.1) is 6.92 Å². The van der Waals surface area contributed by atoms with E-state index in [1.54, 1.807) is 11.3 Å². The minimum Gasteiger partial charge on any atom is -0.318 e. The predicted octanol–water partition coefficient (Wildman–Crippen LogP) is 2.61. The van der Waals surface area contributed by atoms with Crippen molar-refractivity contribution in [1.82, 2.24) is 15.1 Å². The molecule has 2 rings (SSSR count). The first kappa shape index (κ1) is 16.5. The van der Waals surface area contributed by atoms with Gasteiger partial charge in [0.1, 0.15) is 6.17 Å². The first-order chi connectivity index (χ1) is 9.93. The Kier molecular flexibility index (Phi) is 5.41. The number of aryl methyl sites for hydroxylation is 1. The van der Waals surface area contributed by atoms with Crippen molar-refractivity contribution < 1.29 is 4.79 Å². The molecule has 1 amide bonds. The van der Waals surface area contributed by atoms with E-state index in [1.165, 1.54) is 9.75 Å². The SMILES string of the molecule is CCC1NC(c2ccc(C)s2)N(C(C)CCN(C)C)C1=O. The lowest BCUT2D eigenvalue weighted by Crippen LogP contribution is -2.39. The quantitative estimate of drug-likeness (QED) is 0.877. The maximum absolute atomic E-state index is 12.7. The van der Waals surface area contributed by atoms with Crippen LogP contribution in [0.1, 0.15) is 42.6 Å². The molecule has 0 bridgehead atoms. The van der Waals surface area contributed by atoms with Crippen LogP contribution in [0.5, 0.6) is 0 Å². The summed E-state index contributed by atoms with van der Waals surface area (Å²) in [5.74, 6) is 0.250. The first-order valence-corrected chi connectivity index (χ1v) is 8.55. The minimum absolute atomic E-state index is 0.0401. The molecule has 1 aromatic rings. The minimum atomic E-state index is -0.0424. The number of rotatable bonds is 6. The van der Waals surface area contributed by atoms with Crippen molar-refractivity contribution >= 4 is 17.2 Å². The van der Waals surface area contributed by atoms with Gasteiger partial charge in [0, 0.05) is 15.8 Å². The van der Waals surface area contributed by atoms with Gasteiger partial charge in [-0.3, -0.25) is 10.1 Å². The summed E-state index contributed by atoms with van der Waals surface area (Å²) in [7, 11) is 4.15. The van der Waals surface area contributed by atoms with Crippen LogP contribution in [0.4, 0.5) is 0 Å². The number of carbonyl (C=O) groups excluding carboxylic acids is 1. The van der Waals surface area contributed by atoms with E-state index in [4.69, 9.17) is 0 Å². The lowest BCUT2D eigenvalue weighted by atomic mass is 10.1. The van der Waals surface area contributed by atoms with Crippen LogP contribution in [0.15, 0.2) is 12.1 Å². The molecule has 0 radical (unpaired) electrons. The number of nitrogens with zero attached hydrogens (tertiary/aromatic N) is 2. The van der Waals surface area contributed by atoms with Crippen LogP contribution in [-0.4, -0.2) is 48.4 Å². The second kappa shape index (κ2) is 6.90. The monoisotopic (exact) mass is 309 g/mol. The van der Waals surface area contributed by atoms with Gasteiger partial charge in [0.05, 0.1) is 6.04 Å². The van der Waals surface area contributed by atoms with E-state index in [1.807, 2.05) is 0 Å². The van der Waals surface area contributed by atoms with Crippen molar-refractivity contribution in [3.05, 3.63) is 21.9 Å². The zero-order valence-electron chi connectivity index (χ0n) is 13.7. The Bertz CT molecular complexity index is 486. The molecule has 1 aliphatic rings. The van der Waals surface area contributed by atoms with Gasteiger partial charge >= 0.3 is 0 Å². The average molecular weight is 309 g/mol. The second-order valence-electron chi connectivity index (χ2n) is 6.16. The van der Waals surface area contributed by atoms with E-state index in [-0.39, 0.29) is 24.2 Å². The van der Waals surface area contributed by atoms with Gasteiger partial charge in [-0.25, -0.2) is 0 Å². The molecule has 0 aliphatic carbocycles. The Labute approximate surface area is 132 Å². The van der Waals surface area contributed by atoms with E-state index in [0.29, 0.717) is 0 Å². The molecule has 3 unspecified atom stereocenters. The third-order valence-corrected chi connectivity index (χ3v) is 5.15. The highest BCUT2D eigenvalue weighted by atomic mass is 32.1. The molecule has 1 aromatic heterocycles. The average Bonchev–Trinajstić information content (AvgIpc) is 2.99. The summed E-state index contributed by atoms with van der Waals surface area (Å²) in [4.78, 5) is 19.4. The van der Waals surface area contributed by atoms with Crippen LogP contribution in [0.3, 0.4) is 0 Å². The molecule has 21 heavy (non-hydrogen) atoms. The molecule has 118 valence electrons. The van der Waals surface area contributed by atoms with Crippen LogP contribution < -0.4 is 5.32 Å². The molecule has 0 aromatic carbocycles. The largest absolute Gasteiger partial charge is 0.318 e. The highest BCUT2D eigenvalue weighted by Crippen LogP contribution is 2.33. The molecule has 4 nitrogen and oxygen atoms in total. The van der Waals surface area contributed by atoms with Crippen molar-refractivity contribution in [2.45, 2.75) is 51.9 Å². The molecule has 0 spiro atoms. The highest BCUT2D eigenvalue weighted by Gasteiger charge is 2.41. The smallest absolute Gasteiger partial charge is 0.241 e. The zero-order chi connectivity index (χ0) is 15.6. The summed E-state index contributed by atoms with van der Waals surface area (Å²) >= 11 is 1.78. The zero-order valence-corrected chi connectivity index (χ0v) is 14.5. The fraction of sp³-hybridized carbons (Fsp3) is 0.688. The van der Waals surface area contributed by atoms with Crippen LogP contribution >= 0.6 is 11.3 Å². The Balaban J connectivity index is 2.18. The second-order valence-corrected chi connectivity index (χ2v) is 7.48. The molecule has 5 heteroatoms. The molecule has 1 fully saturated rings. The summed E-state index contributed by atoms with van der Waals surface area (Å²) in [6.07, 6.45) is 1.88. The number of hydrogen-bond donors (Lipinski definition) is 1. The van der Waals surface area contributed by atoms with Gasteiger partial charge in [-0.2, -0.15) is 0 Å². The Morgan fingerprint density at radius 2 is 2.14 bits per heavy atom. The van der Waals surface area contributed by atoms with Gasteiger partial charge < -0.3 is 9.80 Å². The fourth-order valence-electron chi connectivity index (χ4n) is 2.82. The van der Waals surface area contributed by atoms with Crippen LogP contribution in [-0.2, 0) is 4.79 Å². The molecule has 1 saturated heterocycles. The Morgan fingerprint density at radius 1 is 1.43 bits per heavy atom. The van der Waals surface area contributed by atoms with Crippen molar-refractivity contribution in [2.75, 3.05) is 20.6 Å². The van der Waals surface area contributed by atoms with Gasteiger partial charge in [0.2, 0.25) is 5.91 Å². The summed E-state index contributed by atoms with van der Waals surface area (Å²) in [6.45, 7) is 7.34. The summed E-state index contributed by atoms with van der Waals surface area (Å²) in [6, 6.07) is 4.48. The van der Waals surface area contributed by atoms with E-state index < -0.39 is 0 Å². The standard InChI is InChI=1S/C16H27N3OS/c1-6-13-16(20)19(11(2)9-10-18(4)5)15(17-13)14-8-7-12(3)21-14/h7-8,11,13,15,17H,6,9-10H2,1-5H3. The third kappa shape index (κ3) is 3.65. The van der Waals surface area contributed by atoms with Gasteiger partial charge in [0.25, 0.3) is 0 Å². The molecule has 0 saturated carbocycles. The molecule has 1 N–H and O–H groups in total. The van der Waals surface area contributed by atoms with Crippen LogP contribution in [0.25, 0.3) is 0 Å². The summed E-state index contributed by atoms with van der Waals surface area (Å²) in [5, 5.41) is 3.51. The van der Waals surface area contributed by atoms with Crippen molar-refractivity contribution in [3.8, 4) is 0 Å². The molecule has 2 heterocycles. The molecular formula is C16H27N3OS. The van der Waals surface area contributed by atoms with Crippen molar-refractivity contribution in [3.63, 3.8) is 0 Å². The molecule has 3 atom stereocenters. The maximum atomic E-state index is 12.7. The first-order valence-electron chi connectivity index (χ1n) is 7.73. The number of thiophene rings is 1. The van der Waals surface area contributed by atoms with Gasteiger partial charge in [-0.15, -0.1) is 11.3 Å². The molecular weight excluding hydrogens is 282 g/mol. The normalized spacial score (nSPS) is 24.1. The van der Waals surface area contributed by atoms with E-state index in [2.05, 4.69) is 62.1 Å². The summed E-state index contributed by atoms with van der Waals surface area (Å²) in [5.41, 5.74) is 0. The topological polar surface area (TPSA) is 35.6 Å². The number of nitrogens with one attached hydrogen (secondary N) is 1. The Morgan fingerprint density at radius 3 is 2.67 bits per heavy atom. The van der Waals surface area contributed by atoms with E-state index >= 15 is 0 Å². The van der Waals surface area contributed by atoms with E-state index in [9.17, 15) is 4.79 Å². The third-order valence-electron chi connectivity index (χ3n) is 4.10. The lowest BCUT2D eigenvalue weighted by molar-refractivity contribution is -0.132. The highest BCUT2D eigenvalue weighted by molar-refractivity contribution is 7.12. The number of carbonyl (C=O) groups is 1. The van der Waals surface area contributed by atoms with Gasteiger partial charge in [-0.05, 0) is 59.5 Å². The number of amides is 1. The predicted molar refractivity (Wildman–Crippen MR) is 88.5 cm³/mol. The number of hydrogen-bond acceptors (Lipinski definition) is 4.